The van der Waals surface area contributed by atoms with Crippen LogP contribution in [0.3, 0.4) is 0 Å². The molecule has 37 heavy (non-hydrogen) atoms. The zero-order chi connectivity index (χ0) is 25.8. The van der Waals surface area contributed by atoms with E-state index in [4.69, 9.17) is 18.9 Å². The standard InChI is InChI=1S/C24H28F3NO8S/c25-24(26,27)37(30,31)36-16-4-3-14-12-17-22(29)5-6-23(33-10-11-34-23)20-21(22,18(14)19(16)35-20)7-8-28(17)13-15-2-1-9-32-15/h3-4,15,17,20,29H,1-2,5-13H2/t15?,17-,20?,21+,22?/m0/s1. The van der Waals surface area contributed by atoms with E-state index in [1.165, 1.54) is 6.07 Å². The van der Waals surface area contributed by atoms with Crippen molar-refractivity contribution in [1.82, 2.24) is 4.90 Å². The Bertz CT molecular complexity index is 1230. The first-order valence-electron chi connectivity index (χ1n) is 12.7. The molecule has 1 aromatic carbocycles. The Balaban J connectivity index is 1.37. The Morgan fingerprint density at radius 2 is 1.92 bits per heavy atom. The van der Waals surface area contributed by atoms with Crippen LogP contribution in [0.15, 0.2) is 12.1 Å². The predicted octanol–water partition coefficient (Wildman–Crippen LogP) is 1.99. The Morgan fingerprint density at radius 3 is 2.62 bits per heavy atom. The third-order valence-electron chi connectivity index (χ3n) is 9.28. The van der Waals surface area contributed by atoms with Crippen LogP contribution in [0.5, 0.6) is 11.5 Å². The van der Waals surface area contributed by atoms with Crippen LogP contribution in [0.2, 0.25) is 0 Å². The number of hydrogen-bond donors (Lipinski definition) is 1. The van der Waals surface area contributed by atoms with E-state index in [2.05, 4.69) is 9.08 Å². The van der Waals surface area contributed by atoms with Crippen LogP contribution in [0.25, 0.3) is 0 Å². The monoisotopic (exact) mass is 547 g/mol. The summed E-state index contributed by atoms with van der Waals surface area (Å²) in [6.07, 6.45) is 2.71. The number of hydrogen-bond acceptors (Lipinski definition) is 9. The normalized spacial score (nSPS) is 38.0. The van der Waals surface area contributed by atoms with Gasteiger partial charge in [0.2, 0.25) is 5.79 Å². The summed E-state index contributed by atoms with van der Waals surface area (Å²) in [5, 5.41) is 12.5. The Labute approximate surface area is 211 Å². The number of ether oxygens (including phenoxy) is 4. The van der Waals surface area contributed by atoms with Gasteiger partial charge in [-0.3, -0.25) is 4.90 Å². The van der Waals surface area contributed by atoms with E-state index in [0.29, 0.717) is 57.6 Å². The molecule has 2 bridgehead atoms. The van der Waals surface area contributed by atoms with E-state index in [1.807, 2.05) is 0 Å². The third kappa shape index (κ3) is 3.12. The molecular weight excluding hydrogens is 519 g/mol. The molecule has 1 aromatic rings. The average molecular weight is 548 g/mol. The van der Waals surface area contributed by atoms with Crippen molar-refractivity contribution in [3.05, 3.63) is 23.3 Å². The zero-order valence-corrected chi connectivity index (χ0v) is 20.8. The molecule has 0 amide bonds. The summed E-state index contributed by atoms with van der Waals surface area (Å²) in [4.78, 5) is 2.27. The van der Waals surface area contributed by atoms with Gasteiger partial charge in [0.05, 0.1) is 30.3 Å². The number of rotatable bonds is 4. The summed E-state index contributed by atoms with van der Waals surface area (Å²) >= 11 is 0. The van der Waals surface area contributed by atoms with Crippen LogP contribution in [0.4, 0.5) is 13.2 Å². The number of halogens is 3. The molecule has 0 aromatic heterocycles. The number of nitrogens with zero attached hydrogens (tertiary/aromatic N) is 1. The van der Waals surface area contributed by atoms with Gasteiger partial charge < -0.3 is 28.2 Å². The molecule has 0 radical (unpaired) electrons. The summed E-state index contributed by atoms with van der Waals surface area (Å²) in [6.45, 7) is 2.64. The molecule has 9 nitrogen and oxygen atoms in total. The molecule has 13 heteroatoms. The number of fused-ring (bicyclic) bond motifs is 1. The summed E-state index contributed by atoms with van der Waals surface area (Å²) in [5.74, 6) is -1.82. The molecule has 4 aliphatic heterocycles. The number of aliphatic hydroxyl groups is 1. The maximum atomic E-state index is 13.2. The molecule has 4 fully saturated rings. The van der Waals surface area contributed by atoms with Gasteiger partial charge in [-0.25, -0.2) is 0 Å². The van der Waals surface area contributed by atoms with E-state index in [0.717, 1.165) is 25.0 Å². The van der Waals surface area contributed by atoms with Gasteiger partial charge in [0.25, 0.3) is 0 Å². The second kappa shape index (κ2) is 7.72. The minimum Gasteiger partial charge on any atom is -0.479 e. The van der Waals surface area contributed by atoms with Crippen molar-refractivity contribution >= 4 is 10.1 Å². The van der Waals surface area contributed by atoms with Gasteiger partial charge in [-0.15, -0.1) is 0 Å². The lowest BCUT2D eigenvalue weighted by Gasteiger charge is -2.65. The van der Waals surface area contributed by atoms with Crippen LogP contribution in [-0.2, 0) is 36.2 Å². The number of likely N-dealkylation sites (tertiary alicyclic amines) is 1. The van der Waals surface area contributed by atoms with E-state index in [-0.39, 0.29) is 17.9 Å². The van der Waals surface area contributed by atoms with Crippen molar-refractivity contribution in [3.63, 3.8) is 0 Å². The maximum absolute atomic E-state index is 13.2. The van der Waals surface area contributed by atoms with Crippen LogP contribution in [0, 0.1) is 0 Å². The highest BCUT2D eigenvalue weighted by atomic mass is 32.2. The fourth-order valence-electron chi connectivity index (χ4n) is 7.84. The average Bonchev–Trinajstić information content (AvgIpc) is 3.57. The highest BCUT2D eigenvalue weighted by Gasteiger charge is 2.77. The van der Waals surface area contributed by atoms with Crippen LogP contribution >= 0.6 is 0 Å². The van der Waals surface area contributed by atoms with Crippen molar-refractivity contribution in [2.24, 2.45) is 0 Å². The van der Waals surface area contributed by atoms with Crippen molar-refractivity contribution in [2.45, 2.75) is 79.1 Å². The summed E-state index contributed by atoms with van der Waals surface area (Å²) in [5.41, 5.74) is -6.65. The highest BCUT2D eigenvalue weighted by Crippen LogP contribution is 2.68. The molecule has 2 aliphatic carbocycles. The van der Waals surface area contributed by atoms with Gasteiger partial charge in [0.1, 0.15) is 0 Å². The molecule has 3 saturated heterocycles. The SMILES string of the molecule is O=S(=O)(Oc1ccc2c3c1OC1C4(CCC5(O)[C@H](C2)N(CC2CCCO2)CC[C@@]315)OCCO4)C(F)(F)F. The molecule has 1 N–H and O–H groups in total. The molecule has 5 atom stereocenters. The van der Waals surface area contributed by atoms with Gasteiger partial charge >= 0.3 is 15.6 Å². The molecular formula is C24H28F3NO8S. The van der Waals surface area contributed by atoms with Crippen molar-refractivity contribution in [1.29, 1.82) is 0 Å². The van der Waals surface area contributed by atoms with Gasteiger partial charge in [0.15, 0.2) is 17.6 Å². The van der Waals surface area contributed by atoms with E-state index < -0.39 is 44.3 Å². The number of benzene rings is 1. The van der Waals surface area contributed by atoms with Gasteiger partial charge in [-0.05, 0) is 50.3 Å². The fraction of sp³-hybridized carbons (Fsp3) is 0.750. The molecule has 204 valence electrons. The van der Waals surface area contributed by atoms with Crippen molar-refractivity contribution in [2.75, 3.05) is 32.9 Å². The van der Waals surface area contributed by atoms with E-state index in [9.17, 15) is 26.7 Å². The first-order chi connectivity index (χ1) is 17.5. The molecule has 7 rings (SSSR count). The Kier molecular flexibility index (Phi) is 5.09. The van der Waals surface area contributed by atoms with Gasteiger partial charge in [0, 0.05) is 31.2 Å². The molecule has 3 unspecified atom stereocenters. The lowest BCUT2D eigenvalue weighted by molar-refractivity contribution is -0.297. The van der Waals surface area contributed by atoms with Crippen molar-refractivity contribution in [3.8, 4) is 11.5 Å². The Hall–Kier alpha value is -1.64. The fourth-order valence-corrected chi connectivity index (χ4v) is 8.31. The summed E-state index contributed by atoms with van der Waals surface area (Å²) in [6, 6.07) is 2.52. The predicted molar refractivity (Wildman–Crippen MR) is 120 cm³/mol. The quantitative estimate of drug-likeness (QED) is 0.448. The minimum atomic E-state index is -5.93. The first kappa shape index (κ1) is 24.4. The smallest absolute Gasteiger partial charge is 0.479 e. The molecule has 2 spiro atoms. The van der Waals surface area contributed by atoms with Gasteiger partial charge in [-0.1, -0.05) is 6.07 Å². The topological polar surface area (TPSA) is 104 Å². The molecule has 4 heterocycles. The number of piperidine rings is 1. The third-order valence-corrected chi connectivity index (χ3v) is 10.2. The number of alkyl halides is 3. The largest absolute Gasteiger partial charge is 0.534 e. The van der Waals surface area contributed by atoms with Crippen LogP contribution < -0.4 is 8.92 Å². The zero-order valence-electron chi connectivity index (χ0n) is 20.0. The lowest BCUT2D eigenvalue weighted by atomic mass is 9.48. The molecule has 1 saturated carbocycles. The summed E-state index contributed by atoms with van der Waals surface area (Å²) in [7, 11) is -5.93. The van der Waals surface area contributed by atoms with Crippen LogP contribution in [0.1, 0.15) is 43.2 Å². The Morgan fingerprint density at radius 1 is 1.14 bits per heavy atom. The molecule has 6 aliphatic rings. The van der Waals surface area contributed by atoms with Crippen LogP contribution in [-0.4, -0.2) is 86.5 Å². The van der Waals surface area contributed by atoms with Crippen molar-refractivity contribution < 1.29 is 49.8 Å². The highest BCUT2D eigenvalue weighted by molar-refractivity contribution is 7.88. The second-order valence-corrected chi connectivity index (χ2v) is 12.5. The van der Waals surface area contributed by atoms with E-state index in [1.54, 1.807) is 6.07 Å². The minimum absolute atomic E-state index is 0.0832. The summed E-state index contributed by atoms with van der Waals surface area (Å²) < 4.78 is 92.3. The van der Waals surface area contributed by atoms with E-state index >= 15 is 0 Å². The lowest BCUT2D eigenvalue weighted by Crippen LogP contribution is -2.79. The first-order valence-corrected chi connectivity index (χ1v) is 14.1. The van der Waals surface area contributed by atoms with Gasteiger partial charge in [-0.2, -0.15) is 21.6 Å². The second-order valence-electron chi connectivity index (χ2n) is 10.9. The maximum Gasteiger partial charge on any atom is 0.534 e.